The van der Waals surface area contributed by atoms with Crippen LogP contribution in [-0.4, -0.2) is 53.2 Å². The number of nitrogens with zero attached hydrogens (tertiary/aromatic N) is 4. The van der Waals surface area contributed by atoms with E-state index in [2.05, 4.69) is 74.1 Å². The van der Waals surface area contributed by atoms with E-state index >= 15 is 0 Å². The third-order valence-electron chi connectivity index (χ3n) is 6.46. The maximum Gasteiger partial charge on any atom is 0.0734 e. The Hall–Kier alpha value is -3.03. The number of rotatable bonds is 11. The number of anilines is 2. The third kappa shape index (κ3) is 6.35. The zero-order chi connectivity index (χ0) is 23.7. The van der Waals surface area contributed by atoms with Gasteiger partial charge in [0.15, 0.2) is 0 Å². The van der Waals surface area contributed by atoms with Crippen LogP contribution in [0.2, 0.25) is 0 Å². The second-order valence-corrected chi connectivity index (χ2v) is 10.1. The molecule has 0 bridgehead atoms. The maximum atomic E-state index is 4.58. The Bertz CT molecular complexity index is 1190. The van der Waals surface area contributed by atoms with Crippen LogP contribution in [0.15, 0.2) is 78.1 Å². The number of benzene rings is 2. The highest BCUT2D eigenvalue weighted by molar-refractivity contribution is 7.99. The van der Waals surface area contributed by atoms with E-state index in [0.717, 1.165) is 49.7 Å². The van der Waals surface area contributed by atoms with Gasteiger partial charge in [0.25, 0.3) is 0 Å². The van der Waals surface area contributed by atoms with Crippen LogP contribution < -0.4 is 15.5 Å². The highest BCUT2D eigenvalue weighted by Gasteiger charge is 2.10. The number of aromatic nitrogens is 3. The summed E-state index contributed by atoms with van der Waals surface area (Å²) in [6.45, 7) is 5.37. The van der Waals surface area contributed by atoms with E-state index in [-0.39, 0.29) is 0 Å². The fourth-order valence-electron chi connectivity index (χ4n) is 4.51. The SMILES string of the molecule is c1cnn(-c2ccc3c(SCCCCCCNc4ccc(N5CCNCC5)cc4)ccnc3c2)c1. The molecule has 0 atom stereocenters. The molecule has 0 radical (unpaired) electrons. The lowest BCUT2D eigenvalue weighted by Gasteiger charge is -2.29. The van der Waals surface area contributed by atoms with Crippen molar-refractivity contribution in [3.05, 3.63) is 73.2 Å². The molecule has 2 N–H and O–H groups in total. The van der Waals surface area contributed by atoms with Crippen molar-refractivity contribution in [1.29, 1.82) is 0 Å². The van der Waals surface area contributed by atoms with Crippen molar-refractivity contribution in [2.45, 2.75) is 30.6 Å². The van der Waals surface area contributed by atoms with Gasteiger partial charge in [-0.2, -0.15) is 5.10 Å². The average molecular weight is 487 g/mol. The summed E-state index contributed by atoms with van der Waals surface area (Å²) in [6, 6.07) is 19.4. The predicted octanol–water partition coefficient (Wildman–Crippen LogP) is 5.59. The summed E-state index contributed by atoms with van der Waals surface area (Å²) in [7, 11) is 0. The van der Waals surface area contributed by atoms with E-state index in [4.69, 9.17) is 0 Å². The fraction of sp³-hybridized carbons (Fsp3) is 0.357. The van der Waals surface area contributed by atoms with Gasteiger partial charge in [0, 0.05) is 73.0 Å². The molecule has 1 saturated heterocycles. The molecule has 0 amide bonds. The standard InChI is InChI=1S/C28H34N6S/c1(3-13-30-23-6-8-24(9-7-23)33-19-16-29-17-20-33)2-4-21-35-28-12-15-31-27-22-25(10-11-26(27)28)34-18-5-14-32-34/h5-12,14-15,18,22,29-30H,1-4,13,16-17,19-21H2. The number of unbranched alkanes of at least 4 members (excludes halogenated alkanes) is 3. The molecule has 3 heterocycles. The molecule has 6 nitrogen and oxygen atoms in total. The van der Waals surface area contributed by atoms with E-state index < -0.39 is 0 Å². The Morgan fingerprint density at radius 2 is 1.71 bits per heavy atom. The normalized spacial score (nSPS) is 13.9. The lowest BCUT2D eigenvalue weighted by Crippen LogP contribution is -2.43. The van der Waals surface area contributed by atoms with E-state index in [0.29, 0.717) is 0 Å². The summed E-state index contributed by atoms with van der Waals surface area (Å²) in [5.74, 6) is 1.14. The van der Waals surface area contributed by atoms with Gasteiger partial charge in [-0.15, -0.1) is 11.8 Å². The van der Waals surface area contributed by atoms with Crippen LogP contribution in [0.5, 0.6) is 0 Å². The molecule has 0 spiro atoms. The van der Waals surface area contributed by atoms with Gasteiger partial charge in [0.2, 0.25) is 0 Å². The van der Waals surface area contributed by atoms with Gasteiger partial charge in [-0.3, -0.25) is 4.98 Å². The summed E-state index contributed by atoms with van der Waals surface area (Å²) in [6.07, 6.45) is 10.6. The first kappa shape index (κ1) is 23.7. The molecular weight excluding hydrogens is 452 g/mol. The highest BCUT2D eigenvalue weighted by Crippen LogP contribution is 2.29. The first-order valence-corrected chi connectivity index (χ1v) is 13.7. The molecule has 1 fully saturated rings. The number of pyridine rings is 1. The summed E-state index contributed by atoms with van der Waals surface area (Å²) < 4.78 is 1.87. The first-order chi connectivity index (χ1) is 17.4. The van der Waals surface area contributed by atoms with Crippen LogP contribution in [0.4, 0.5) is 11.4 Å². The minimum atomic E-state index is 1.02. The van der Waals surface area contributed by atoms with Gasteiger partial charge in [-0.1, -0.05) is 12.8 Å². The number of thioether (sulfide) groups is 1. The zero-order valence-electron chi connectivity index (χ0n) is 20.2. The topological polar surface area (TPSA) is 58.0 Å². The largest absolute Gasteiger partial charge is 0.385 e. The lowest BCUT2D eigenvalue weighted by atomic mass is 10.2. The Kier molecular flexibility index (Phi) is 8.19. The summed E-state index contributed by atoms with van der Waals surface area (Å²) in [5.41, 5.74) is 4.62. The molecule has 0 unspecified atom stereocenters. The number of hydrogen-bond donors (Lipinski definition) is 2. The minimum absolute atomic E-state index is 1.02. The first-order valence-electron chi connectivity index (χ1n) is 12.7. The van der Waals surface area contributed by atoms with Crippen molar-refractivity contribution >= 4 is 34.0 Å². The van der Waals surface area contributed by atoms with Crippen LogP contribution in [0.1, 0.15) is 25.7 Å². The van der Waals surface area contributed by atoms with E-state index in [1.165, 1.54) is 47.3 Å². The van der Waals surface area contributed by atoms with Crippen LogP contribution in [0, 0.1) is 0 Å². The predicted molar refractivity (Wildman–Crippen MR) is 148 cm³/mol. The number of nitrogens with one attached hydrogen (secondary N) is 2. The quantitative estimate of drug-likeness (QED) is 0.213. The molecule has 2 aromatic carbocycles. The van der Waals surface area contributed by atoms with Crippen LogP contribution in [-0.2, 0) is 0 Å². The average Bonchev–Trinajstić information content (AvgIpc) is 3.46. The van der Waals surface area contributed by atoms with Crippen molar-refractivity contribution in [3.8, 4) is 5.69 Å². The summed E-state index contributed by atoms with van der Waals surface area (Å²) >= 11 is 1.94. The lowest BCUT2D eigenvalue weighted by molar-refractivity contribution is 0.589. The molecule has 4 aromatic rings. The van der Waals surface area contributed by atoms with Gasteiger partial charge in [-0.25, -0.2) is 4.68 Å². The van der Waals surface area contributed by atoms with Crippen molar-refractivity contribution in [2.24, 2.45) is 0 Å². The van der Waals surface area contributed by atoms with Crippen LogP contribution in [0.25, 0.3) is 16.6 Å². The Labute approximate surface area is 212 Å². The van der Waals surface area contributed by atoms with Gasteiger partial charge >= 0.3 is 0 Å². The molecule has 7 heteroatoms. The molecule has 0 aliphatic carbocycles. The smallest absolute Gasteiger partial charge is 0.0734 e. The van der Waals surface area contributed by atoms with Gasteiger partial charge in [-0.05, 0) is 73.2 Å². The van der Waals surface area contributed by atoms with Crippen LogP contribution in [0.3, 0.4) is 0 Å². The Morgan fingerprint density at radius 3 is 2.54 bits per heavy atom. The number of fused-ring (bicyclic) bond motifs is 1. The summed E-state index contributed by atoms with van der Waals surface area (Å²) in [4.78, 5) is 8.34. The van der Waals surface area contributed by atoms with Crippen LogP contribution >= 0.6 is 11.8 Å². The zero-order valence-corrected chi connectivity index (χ0v) is 21.0. The van der Waals surface area contributed by atoms with E-state index in [9.17, 15) is 0 Å². The van der Waals surface area contributed by atoms with Crippen molar-refractivity contribution in [2.75, 3.05) is 48.7 Å². The molecule has 0 saturated carbocycles. The molecule has 2 aromatic heterocycles. The second kappa shape index (κ2) is 12.1. The number of piperazine rings is 1. The molecule has 5 rings (SSSR count). The van der Waals surface area contributed by atoms with Crippen molar-refractivity contribution in [3.63, 3.8) is 0 Å². The Morgan fingerprint density at radius 1 is 0.886 bits per heavy atom. The van der Waals surface area contributed by atoms with E-state index in [1.807, 2.05) is 34.9 Å². The maximum absolute atomic E-state index is 4.58. The van der Waals surface area contributed by atoms with Crippen molar-refractivity contribution in [1.82, 2.24) is 20.1 Å². The minimum Gasteiger partial charge on any atom is -0.385 e. The monoisotopic (exact) mass is 486 g/mol. The Balaban J connectivity index is 0.999. The van der Waals surface area contributed by atoms with E-state index in [1.54, 1.807) is 6.20 Å². The number of hydrogen-bond acceptors (Lipinski definition) is 6. The molecular formula is C28H34N6S. The summed E-state index contributed by atoms with van der Waals surface area (Å²) in [5, 5.41) is 12.5. The molecule has 35 heavy (non-hydrogen) atoms. The van der Waals surface area contributed by atoms with Crippen molar-refractivity contribution < 1.29 is 0 Å². The highest BCUT2D eigenvalue weighted by atomic mass is 32.2. The van der Waals surface area contributed by atoms with Gasteiger partial charge in [0.05, 0.1) is 11.2 Å². The fourth-order valence-corrected chi connectivity index (χ4v) is 5.56. The molecule has 182 valence electrons. The molecule has 1 aliphatic rings. The van der Waals surface area contributed by atoms with Gasteiger partial charge in [0.1, 0.15) is 0 Å². The third-order valence-corrected chi connectivity index (χ3v) is 7.62. The van der Waals surface area contributed by atoms with Gasteiger partial charge < -0.3 is 15.5 Å². The second-order valence-electron chi connectivity index (χ2n) is 8.93. The molecule has 1 aliphatic heterocycles.